The Labute approximate surface area is 89.0 Å². The maximum atomic E-state index is 11.7. The minimum atomic E-state index is -0.695. The van der Waals surface area contributed by atoms with Gasteiger partial charge in [0.2, 0.25) is 0 Å². The highest BCUT2D eigenvalue weighted by Crippen LogP contribution is 2.34. The van der Waals surface area contributed by atoms with Crippen molar-refractivity contribution in [1.29, 1.82) is 0 Å². The smallest absolute Gasteiger partial charge is 0.282 e. The van der Waals surface area contributed by atoms with Crippen LogP contribution >= 0.6 is 0 Å². The lowest BCUT2D eigenvalue weighted by Gasteiger charge is -2.21. The summed E-state index contributed by atoms with van der Waals surface area (Å²) in [5.74, 6) is -0.0701. The molecule has 0 aromatic carbocycles. The second-order valence-electron chi connectivity index (χ2n) is 4.34. The molecule has 0 aromatic rings. The molecule has 80 valence electrons. The Kier molecular flexibility index (Phi) is 2.24. The zero-order valence-electron chi connectivity index (χ0n) is 8.90. The molecule has 0 aromatic heterocycles. The molecule has 0 bridgehead atoms. The van der Waals surface area contributed by atoms with Crippen LogP contribution in [0.5, 0.6) is 0 Å². The van der Waals surface area contributed by atoms with E-state index in [1.54, 1.807) is 0 Å². The van der Waals surface area contributed by atoms with E-state index in [0.29, 0.717) is 13.0 Å². The fourth-order valence-corrected chi connectivity index (χ4v) is 2.20. The standard InChI is InChI=1S/C10H14N4O/c1-7(2)14-5-10(4-8(14)11-3)9(15)12-6-13-10/h6-8H,4-5H2,1-2H3,(H,12,13,15). The third-order valence-corrected chi connectivity index (χ3v) is 3.09. The minimum absolute atomic E-state index is 0.0701. The Balaban J connectivity index is 2.25. The Morgan fingerprint density at radius 3 is 2.93 bits per heavy atom. The molecule has 15 heavy (non-hydrogen) atoms. The maximum absolute atomic E-state index is 11.7. The van der Waals surface area contributed by atoms with E-state index in [9.17, 15) is 4.79 Å². The van der Waals surface area contributed by atoms with Crippen LogP contribution in [0, 0.1) is 6.57 Å². The highest BCUT2D eigenvalue weighted by atomic mass is 16.2. The van der Waals surface area contributed by atoms with Crippen molar-refractivity contribution >= 4 is 12.2 Å². The van der Waals surface area contributed by atoms with E-state index in [2.05, 4.69) is 15.2 Å². The van der Waals surface area contributed by atoms with Crippen molar-refractivity contribution in [2.75, 3.05) is 6.54 Å². The molecule has 2 atom stereocenters. The van der Waals surface area contributed by atoms with E-state index in [-0.39, 0.29) is 18.1 Å². The first-order chi connectivity index (χ1) is 7.09. The normalized spacial score (nSPS) is 35.1. The lowest BCUT2D eigenvalue weighted by atomic mass is 9.99. The van der Waals surface area contributed by atoms with Gasteiger partial charge in [-0.15, -0.1) is 0 Å². The molecule has 1 spiro atoms. The van der Waals surface area contributed by atoms with Crippen LogP contribution in [0.2, 0.25) is 0 Å². The van der Waals surface area contributed by atoms with Crippen molar-refractivity contribution in [3.8, 4) is 0 Å². The van der Waals surface area contributed by atoms with Crippen LogP contribution in [-0.2, 0) is 4.79 Å². The Morgan fingerprint density at radius 1 is 1.80 bits per heavy atom. The SMILES string of the molecule is [C-]#[N+]C1CC2(CN1C(C)C)N=CNC2=O. The predicted octanol–water partition coefficient (Wildman–Crippen LogP) is 0.243. The number of nitrogens with one attached hydrogen (secondary N) is 1. The molecule has 1 amide bonds. The van der Waals surface area contributed by atoms with Gasteiger partial charge in [-0.2, -0.15) is 0 Å². The number of hydrogen-bond acceptors (Lipinski definition) is 3. The van der Waals surface area contributed by atoms with Crippen molar-refractivity contribution in [2.45, 2.75) is 38.0 Å². The van der Waals surface area contributed by atoms with Gasteiger partial charge in [0, 0.05) is 12.6 Å². The average Bonchev–Trinajstić information content (AvgIpc) is 2.73. The van der Waals surface area contributed by atoms with E-state index in [1.807, 2.05) is 18.7 Å². The van der Waals surface area contributed by atoms with E-state index >= 15 is 0 Å². The van der Waals surface area contributed by atoms with Gasteiger partial charge >= 0.3 is 0 Å². The predicted molar refractivity (Wildman–Crippen MR) is 56.2 cm³/mol. The summed E-state index contributed by atoms with van der Waals surface area (Å²) in [5, 5.41) is 2.60. The summed E-state index contributed by atoms with van der Waals surface area (Å²) in [7, 11) is 0. The molecule has 0 aliphatic carbocycles. The number of carbonyl (C=O) groups excluding carboxylic acids is 1. The second-order valence-corrected chi connectivity index (χ2v) is 4.34. The van der Waals surface area contributed by atoms with Gasteiger partial charge in [0.05, 0.1) is 12.8 Å². The van der Waals surface area contributed by atoms with Crippen LogP contribution in [0.4, 0.5) is 0 Å². The van der Waals surface area contributed by atoms with Crippen LogP contribution in [0.25, 0.3) is 4.85 Å². The third-order valence-electron chi connectivity index (χ3n) is 3.09. The van der Waals surface area contributed by atoms with Gasteiger partial charge < -0.3 is 5.32 Å². The number of likely N-dealkylation sites (tertiary alicyclic amines) is 1. The quantitative estimate of drug-likeness (QED) is 0.625. The third kappa shape index (κ3) is 1.41. The number of carbonyl (C=O) groups is 1. The van der Waals surface area contributed by atoms with Crippen LogP contribution in [-0.4, -0.2) is 41.4 Å². The van der Waals surface area contributed by atoms with Crippen molar-refractivity contribution in [3.63, 3.8) is 0 Å². The van der Waals surface area contributed by atoms with Crippen molar-refractivity contribution in [1.82, 2.24) is 10.2 Å². The summed E-state index contributed by atoms with van der Waals surface area (Å²) in [6.45, 7) is 11.8. The summed E-state index contributed by atoms with van der Waals surface area (Å²) in [6, 6.07) is 0.270. The second kappa shape index (κ2) is 3.31. The van der Waals surface area contributed by atoms with Crippen molar-refractivity contribution < 1.29 is 4.79 Å². The number of amides is 1. The number of rotatable bonds is 1. The van der Waals surface area contributed by atoms with Gasteiger partial charge in [-0.05, 0) is 13.8 Å². The fraction of sp³-hybridized carbons (Fsp3) is 0.700. The van der Waals surface area contributed by atoms with Crippen LogP contribution in [0.3, 0.4) is 0 Å². The van der Waals surface area contributed by atoms with Crippen molar-refractivity contribution in [3.05, 3.63) is 11.4 Å². The highest BCUT2D eigenvalue weighted by Gasteiger charge is 2.54. The van der Waals surface area contributed by atoms with Gasteiger partial charge in [0.1, 0.15) is 0 Å². The summed E-state index contributed by atoms with van der Waals surface area (Å²) in [6.07, 6.45) is 1.75. The first-order valence-electron chi connectivity index (χ1n) is 5.06. The average molecular weight is 206 g/mol. The largest absolute Gasteiger partial charge is 0.315 e. The van der Waals surface area contributed by atoms with Gasteiger partial charge in [0.15, 0.2) is 5.54 Å². The lowest BCUT2D eigenvalue weighted by molar-refractivity contribution is -0.123. The molecule has 2 aliphatic heterocycles. The molecule has 5 nitrogen and oxygen atoms in total. The van der Waals surface area contributed by atoms with Crippen molar-refractivity contribution in [2.24, 2.45) is 4.99 Å². The molecule has 1 saturated heterocycles. The minimum Gasteiger partial charge on any atom is -0.315 e. The lowest BCUT2D eigenvalue weighted by Crippen LogP contribution is -2.42. The topological polar surface area (TPSA) is 49.1 Å². The Hall–Kier alpha value is -1.41. The summed E-state index contributed by atoms with van der Waals surface area (Å²) in [4.78, 5) is 21.5. The van der Waals surface area contributed by atoms with Gasteiger partial charge in [-0.3, -0.25) is 14.6 Å². The Morgan fingerprint density at radius 2 is 2.53 bits per heavy atom. The van der Waals surface area contributed by atoms with E-state index in [4.69, 9.17) is 6.57 Å². The number of nitrogens with zero attached hydrogens (tertiary/aromatic N) is 3. The fourth-order valence-electron chi connectivity index (χ4n) is 2.20. The van der Waals surface area contributed by atoms with E-state index in [0.717, 1.165) is 0 Å². The molecule has 2 unspecified atom stereocenters. The van der Waals surface area contributed by atoms with Gasteiger partial charge in [-0.25, -0.2) is 11.5 Å². The first kappa shape index (κ1) is 10.1. The molecule has 5 heteroatoms. The first-order valence-corrected chi connectivity index (χ1v) is 5.06. The van der Waals surface area contributed by atoms with Gasteiger partial charge in [-0.1, -0.05) is 0 Å². The van der Waals surface area contributed by atoms with Gasteiger partial charge in [0.25, 0.3) is 12.1 Å². The number of hydrogen-bond donors (Lipinski definition) is 1. The summed E-state index contributed by atoms with van der Waals surface area (Å²) < 4.78 is 0. The molecule has 1 fully saturated rings. The Bertz CT molecular complexity index is 357. The highest BCUT2D eigenvalue weighted by molar-refractivity contribution is 6.00. The zero-order valence-corrected chi connectivity index (χ0v) is 8.90. The molecule has 2 heterocycles. The van der Waals surface area contributed by atoms with E-state index in [1.165, 1.54) is 6.34 Å². The van der Waals surface area contributed by atoms with Crippen LogP contribution < -0.4 is 5.32 Å². The zero-order chi connectivity index (χ0) is 11.1. The summed E-state index contributed by atoms with van der Waals surface area (Å²) >= 11 is 0. The molecule has 1 N–H and O–H groups in total. The van der Waals surface area contributed by atoms with Crippen LogP contribution in [0.1, 0.15) is 20.3 Å². The maximum Gasteiger partial charge on any atom is 0.282 e. The monoisotopic (exact) mass is 206 g/mol. The molecular formula is C10H14N4O. The molecule has 2 aliphatic rings. The number of aliphatic imine (C=N–C) groups is 1. The molecule has 0 saturated carbocycles. The molecular weight excluding hydrogens is 192 g/mol. The summed E-state index contributed by atoms with van der Waals surface area (Å²) in [5.41, 5.74) is -0.695. The molecule has 2 rings (SSSR count). The molecule has 0 radical (unpaired) electrons. The van der Waals surface area contributed by atoms with E-state index < -0.39 is 5.54 Å². The van der Waals surface area contributed by atoms with Crippen LogP contribution in [0.15, 0.2) is 4.99 Å².